The van der Waals surface area contributed by atoms with Crippen LogP contribution in [0.5, 0.6) is 0 Å². The maximum Gasteiger partial charge on any atom is 0.295 e. The summed E-state index contributed by atoms with van der Waals surface area (Å²) in [7, 11) is 0. The lowest BCUT2D eigenvalue weighted by atomic mass is 10.0. The molecular weight excluding hydrogens is 469 g/mol. The van der Waals surface area contributed by atoms with E-state index < -0.39 is 18.1 Å². The Labute approximate surface area is 204 Å². The standard InChI is InChI=1S/C27H21F3N4S/c1-17-24(19-10-6-3-7-11-19)25-22(14-31-17)33-27(26(29)30)34(25)15-23-21(28)12-20(13-32-23)35-16-18-8-4-2-5-9-18/h2-14,26H,15-16H2,1H3. The monoisotopic (exact) mass is 490 g/mol. The number of aryl methyl sites for hydroxylation is 1. The Bertz CT molecular complexity index is 1470. The summed E-state index contributed by atoms with van der Waals surface area (Å²) in [5.74, 6) is -0.305. The second kappa shape index (κ2) is 9.92. The molecule has 0 fully saturated rings. The number of thioether (sulfide) groups is 1. The molecule has 4 nitrogen and oxygen atoms in total. The van der Waals surface area contributed by atoms with Gasteiger partial charge in [0.15, 0.2) is 5.82 Å². The number of benzene rings is 2. The average Bonchev–Trinajstić information content (AvgIpc) is 3.24. The Morgan fingerprint density at radius 3 is 2.34 bits per heavy atom. The molecule has 0 amide bonds. The van der Waals surface area contributed by atoms with E-state index in [1.165, 1.54) is 28.6 Å². The predicted octanol–water partition coefficient (Wildman–Crippen LogP) is 7.22. The lowest BCUT2D eigenvalue weighted by molar-refractivity contribution is 0.136. The third-order valence-corrected chi connectivity index (χ3v) is 6.74. The minimum atomic E-state index is -2.84. The molecule has 0 aliphatic rings. The normalized spacial score (nSPS) is 11.5. The third kappa shape index (κ3) is 4.79. The highest BCUT2D eigenvalue weighted by molar-refractivity contribution is 7.98. The van der Waals surface area contributed by atoms with Crippen molar-refractivity contribution in [2.45, 2.75) is 30.5 Å². The molecule has 0 spiro atoms. The Morgan fingerprint density at radius 1 is 0.943 bits per heavy atom. The molecule has 0 atom stereocenters. The van der Waals surface area contributed by atoms with Gasteiger partial charge in [0.2, 0.25) is 0 Å². The summed E-state index contributed by atoms with van der Waals surface area (Å²) in [6.45, 7) is 1.65. The van der Waals surface area contributed by atoms with Crippen molar-refractivity contribution in [1.82, 2.24) is 19.5 Å². The maximum absolute atomic E-state index is 15.1. The second-order valence-corrected chi connectivity index (χ2v) is 9.10. The number of aromatic nitrogens is 4. The summed E-state index contributed by atoms with van der Waals surface area (Å²) < 4.78 is 44.5. The van der Waals surface area contributed by atoms with Gasteiger partial charge in [0.25, 0.3) is 6.43 Å². The Morgan fingerprint density at radius 2 is 1.66 bits per heavy atom. The van der Waals surface area contributed by atoms with Crippen LogP contribution >= 0.6 is 11.8 Å². The molecule has 176 valence electrons. The van der Waals surface area contributed by atoms with Gasteiger partial charge in [-0.1, -0.05) is 60.7 Å². The van der Waals surface area contributed by atoms with Gasteiger partial charge in [0.05, 0.1) is 24.0 Å². The van der Waals surface area contributed by atoms with Crippen LogP contribution in [0.25, 0.3) is 22.2 Å². The fourth-order valence-corrected chi connectivity index (χ4v) is 4.89. The van der Waals surface area contributed by atoms with Crippen molar-refractivity contribution < 1.29 is 13.2 Å². The fourth-order valence-electron chi connectivity index (χ4n) is 4.05. The first-order valence-corrected chi connectivity index (χ1v) is 12.0. The summed E-state index contributed by atoms with van der Waals surface area (Å²) in [5.41, 5.74) is 4.20. The van der Waals surface area contributed by atoms with Gasteiger partial charge >= 0.3 is 0 Å². The van der Waals surface area contributed by atoms with Gasteiger partial charge in [0.1, 0.15) is 11.3 Å². The molecule has 35 heavy (non-hydrogen) atoms. The van der Waals surface area contributed by atoms with Crippen molar-refractivity contribution in [3.63, 3.8) is 0 Å². The van der Waals surface area contributed by atoms with Gasteiger partial charge in [-0.05, 0) is 24.1 Å². The van der Waals surface area contributed by atoms with Crippen molar-refractivity contribution in [2.24, 2.45) is 0 Å². The van der Waals surface area contributed by atoms with Crippen molar-refractivity contribution >= 4 is 22.8 Å². The highest BCUT2D eigenvalue weighted by Crippen LogP contribution is 2.34. The maximum atomic E-state index is 15.1. The summed E-state index contributed by atoms with van der Waals surface area (Å²) in [4.78, 5) is 13.5. The number of halogens is 3. The van der Waals surface area contributed by atoms with E-state index in [1.54, 1.807) is 6.20 Å². The Hall–Kier alpha value is -3.65. The number of pyridine rings is 2. The predicted molar refractivity (Wildman–Crippen MR) is 132 cm³/mol. The molecule has 0 aliphatic heterocycles. The van der Waals surface area contributed by atoms with E-state index in [0.29, 0.717) is 32.9 Å². The van der Waals surface area contributed by atoms with E-state index in [2.05, 4.69) is 15.0 Å². The molecule has 0 saturated heterocycles. The zero-order valence-electron chi connectivity index (χ0n) is 18.8. The van der Waals surface area contributed by atoms with Gasteiger partial charge in [-0.3, -0.25) is 9.97 Å². The molecule has 0 aliphatic carbocycles. The highest BCUT2D eigenvalue weighted by atomic mass is 32.2. The van der Waals surface area contributed by atoms with Gasteiger partial charge in [-0.15, -0.1) is 11.8 Å². The minimum Gasteiger partial charge on any atom is -0.316 e. The summed E-state index contributed by atoms with van der Waals surface area (Å²) in [6, 6.07) is 20.7. The van der Waals surface area contributed by atoms with Gasteiger partial charge < -0.3 is 4.57 Å². The molecule has 3 heterocycles. The van der Waals surface area contributed by atoms with Crippen molar-refractivity contribution in [3.8, 4) is 11.1 Å². The van der Waals surface area contributed by atoms with Crippen molar-refractivity contribution in [1.29, 1.82) is 0 Å². The topological polar surface area (TPSA) is 43.6 Å². The molecule has 0 saturated carbocycles. The summed E-state index contributed by atoms with van der Waals surface area (Å²) in [6.07, 6.45) is 0.222. The number of hydrogen-bond donors (Lipinski definition) is 0. The molecule has 0 N–H and O–H groups in total. The molecule has 3 aromatic heterocycles. The number of alkyl halides is 2. The summed E-state index contributed by atoms with van der Waals surface area (Å²) in [5, 5.41) is 0. The lowest BCUT2D eigenvalue weighted by Gasteiger charge is -2.14. The first-order chi connectivity index (χ1) is 17.0. The highest BCUT2D eigenvalue weighted by Gasteiger charge is 2.24. The number of imidazole rings is 1. The van der Waals surface area contributed by atoms with E-state index in [4.69, 9.17) is 0 Å². The first kappa shape index (κ1) is 23.1. The van der Waals surface area contributed by atoms with Crippen LogP contribution < -0.4 is 0 Å². The van der Waals surface area contributed by atoms with Crippen LogP contribution in [0.4, 0.5) is 13.2 Å². The Kier molecular flexibility index (Phi) is 6.55. The quantitative estimate of drug-likeness (QED) is 0.226. The van der Waals surface area contributed by atoms with Gasteiger partial charge in [-0.2, -0.15) is 0 Å². The smallest absolute Gasteiger partial charge is 0.295 e. The molecule has 8 heteroatoms. The molecular formula is C27H21F3N4S. The first-order valence-electron chi connectivity index (χ1n) is 11.0. The number of nitrogens with zero attached hydrogens (tertiary/aromatic N) is 4. The minimum absolute atomic E-state index is 0.0729. The average molecular weight is 491 g/mol. The molecule has 5 aromatic rings. The molecule has 0 unspecified atom stereocenters. The third-order valence-electron chi connectivity index (χ3n) is 5.71. The molecule has 0 radical (unpaired) electrons. The second-order valence-electron chi connectivity index (χ2n) is 8.05. The SMILES string of the molecule is Cc1ncc2nc(C(F)F)n(Cc3ncc(SCc4ccccc4)cc3F)c2c1-c1ccccc1. The van der Waals surface area contributed by atoms with Crippen LogP contribution in [-0.4, -0.2) is 19.5 Å². The summed E-state index contributed by atoms with van der Waals surface area (Å²) >= 11 is 1.47. The lowest BCUT2D eigenvalue weighted by Crippen LogP contribution is -2.10. The largest absolute Gasteiger partial charge is 0.316 e. The van der Waals surface area contributed by atoms with Crippen LogP contribution in [-0.2, 0) is 12.3 Å². The van der Waals surface area contributed by atoms with Gasteiger partial charge in [0, 0.05) is 28.1 Å². The van der Waals surface area contributed by atoms with Crippen LogP contribution in [0.1, 0.15) is 29.2 Å². The van der Waals surface area contributed by atoms with Crippen molar-refractivity contribution in [3.05, 3.63) is 108 Å². The van der Waals surface area contributed by atoms with Crippen molar-refractivity contribution in [2.75, 3.05) is 0 Å². The van der Waals surface area contributed by atoms with Crippen LogP contribution in [0.2, 0.25) is 0 Å². The molecule has 0 bridgehead atoms. The van der Waals surface area contributed by atoms with E-state index in [9.17, 15) is 8.78 Å². The fraction of sp³-hybridized carbons (Fsp3) is 0.148. The van der Waals surface area contributed by atoms with E-state index in [1.807, 2.05) is 67.6 Å². The van der Waals surface area contributed by atoms with Crippen LogP contribution in [0.3, 0.4) is 0 Å². The zero-order chi connectivity index (χ0) is 24.4. The van der Waals surface area contributed by atoms with E-state index >= 15 is 4.39 Å². The zero-order valence-corrected chi connectivity index (χ0v) is 19.6. The molecule has 5 rings (SSSR count). The van der Waals surface area contributed by atoms with Crippen LogP contribution in [0, 0.1) is 12.7 Å². The molecule has 2 aromatic carbocycles. The van der Waals surface area contributed by atoms with Gasteiger partial charge in [-0.25, -0.2) is 18.2 Å². The van der Waals surface area contributed by atoms with E-state index in [0.717, 1.165) is 11.1 Å². The number of rotatable bonds is 7. The number of hydrogen-bond acceptors (Lipinski definition) is 4. The van der Waals surface area contributed by atoms with E-state index in [-0.39, 0.29) is 12.2 Å². The number of fused-ring (bicyclic) bond motifs is 1. The Balaban J connectivity index is 1.53. The van der Waals surface area contributed by atoms with Crippen LogP contribution in [0.15, 0.2) is 84.0 Å².